The Balaban J connectivity index is 1.58. The molecule has 132 valence electrons. The first-order chi connectivity index (χ1) is 12.2. The molecule has 0 atom stereocenters. The number of benzene rings is 2. The molecule has 0 spiro atoms. The summed E-state index contributed by atoms with van der Waals surface area (Å²) in [5, 5.41) is 0.761. The standard InChI is InChI=1S/C20H24ClN3O/c21-19-8-4-17(5-9-19)15-23-10-1-11-24(13-12-23)20(25)18-6-2-16(14-22)3-7-18/h2-9H,1,10-15,22H2. The first kappa shape index (κ1) is 17.9. The summed E-state index contributed by atoms with van der Waals surface area (Å²) in [4.78, 5) is 17.1. The van der Waals surface area contributed by atoms with Crippen molar-refractivity contribution in [2.75, 3.05) is 26.2 Å². The van der Waals surface area contributed by atoms with Crippen molar-refractivity contribution < 1.29 is 4.79 Å². The normalized spacial score (nSPS) is 15.8. The maximum Gasteiger partial charge on any atom is 0.253 e. The van der Waals surface area contributed by atoms with Crippen LogP contribution in [0.2, 0.25) is 5.02 Å². The van der Waals surface area contributed by atoms with Crippen molar-refractivity contribution in [1.29, 1.82) is 0 Å². The Kier molecular flexibility index (Phi) is 6.08. The number of rotatable bonds is 4. The second kappa shape index (κ2) is 8.48. The van der Waals surface area contributed by atoms with E-state index >= 15 is 0 Å². The van der Waals surface area contributed by atoms with E-state index < -0.39 is 0 Å². The zero-order chi connectivity index (χ0) is 17.6. The maximum atomic E-state index is 12.7. The predicted octanol–water partition coefficient (Wildman–Crippen LogP) is 3.15. The van der Waals surface area contributed by atoms with Gasteiger partial charge in [0.25, 0.3) is 5.91 Å². The van der Waals surface area contributed by atoms with Crippen molar-refractivity contribution in [3.8, 4) is 0 Å². The number of carbonyl (C=O) groups is 1. The number of amides is 1. The van der Waals surface area contributed by atoms with Gasteiger partial charge >= 0.3 is 0 Å². The lowest BCUT2D eigenvalue weighted by molar-refractivity contribution is 0.0761. The zero-order valence-electron chi connectivity index (χ0n) is 14.3. The fourth-order valence-electron chi connectivity index (χ4n) is 3.15. The van der Waals surface area contributed by atoms with Gasteiger partial charge in [-0.05, 0) is 41.8 Å². The van der Waals surface area contributed by atoms with Crippen molar-refractivity contribution in [1.82, 2.24) is 9.80 Å². The minimum absolute atomic E-state index is 0.108. The van der Waals surface area contributed by atoms with Crippen molar-refractivity contribution >= 4 is 17.5 Å². The van der Waals surface area contributed by atoms with Gasteiger partial charge in [-0.1, -0.05) is 35.9 Å². The van der Waals surface area contributed by atoms with Crippen molar-refractivity contribution in [3.05, 3.63) is 70.2 Å². The number of hydrogen-bond donors (Lipinski definition) is 1. The first-order valence-electron chi connectivity index (χ1n) is 8.71. The lowest BCUT2D eigenvalue weighted by atomic mass is 10.1. The van der Waals surface area contributed by atoms with Crippen molar-refractivity contribution in [3.63, 3.8) is 0 Å². The summed E-state index contributed by atoms with van der Waals surface area (Å²) >= 11 is 5.95. The molecular formula is C20H24ClN3O. The number of carbonyl (C=O) groups excluding carboxylic acids is 1. The summed E-state index contributed by atoms with van der Waals surface area (Å²) in [6.45, 7) is 4.83. The fraction of sp³-hybridized carbons (Fsp3) is 0.350. The van der Waals surface area contributed by atoms with Crippen molar-refractivity contribution in [2.24, 2.45) is 5.73 Å². The Labute approximate surface area is 154 Å². The van der Waals surface area contributed by atoms with Crippen LogP contribution < -0.4 is 5.73 Å². The van der Waals surface area contributed by atoms with Gasteiger partial charge in [0.05, 0.1) is 0 Å². The summed E-state index contributed by atoms with van der Waals surface area (Å²) in [6, 6.07) is 15.6. The van der Waals surface area contributed by atoms with Crippen LogP contribution in [0.25, 0.3) is 0 Å². The molecule has 0 radical (unpaired) electrons. The molecule has 1 heterocycles. The van der Waals surface area contributed by atoms with Crippen LogP contribution in [0.1, 0.15) is 27.9 Å². The van der Waals surface area contributed by atoms with Crippen LogP contribution in [-0.2, 0) is 13.1 Å². The molecule has 1 aliphatic rings. The van der Waals surface area contributed by atoms with Gasteiger partial charge in [0, 0.05) is 49.9 Å². The lowest BCUT2D eigenvalue weighted by Crippen LogP contribution is -2.35. The molecule has 25 heavy (non-hydrogen) atoms. The molecule has 1 aliphatic heterocycles. The van der Waals surface area contributed by atoms with E-state index in [0.717, 1.165) is 55.3 Å². The van der Waals surface area contributed by atoms with Gasteiger partial charge < -0.3 is 10.6 Å². The van der Waals surface area contributed by atoms with E-state index in [1.807, 2.05) is 41.3 Å². The highest BCUT2D eigenvalue weighted by Crippen LogP contribution is 2.14. The molecule has 2 aromatic rings. The molecule has 4 nitrogen and oxygen atoms in total. The predicted molar refractivity (Wildman–Crippen MR) is 102 cm³/mol. The minimum atomic E-state index is 0.108. The van der Waals surface area contributed by atoms with E-state index in [4.69, 9.17) is 17.3 Å². The number of halogens is 1. The topological polar surface area (TPSA) is 49.6 Å². The molecule has 1 fully saturated rings. The fourth-order valence-corrected chi connectivity index (χ4v) is 3.27. The van der Waals surface area contributed by atoms with E-state index in [0.29, 0.717) is 6.54 Å². The SMILES string of the molecule is NCc1ccc(C(=O)N2CCCN(Cc3ccc(Cl)cc3)CC2)cc1. The summed E-state index contributed by atoms with van der Waals surface area (Å²) in [5.41, 5.74) is 8.65. The second-order valence-corrected chi connectivity index (χ2v) is 6.89. The Hall–Kier alpha value is -1.88. The summed E-state index contributed by atoms with van der Waals surface area (Å²) in [7, 11) is 0. The van der Waals surface area contributed by atoms with Crippen LogP contribution in [-0.4, -0.2) is 41.9 Å². The molecule has 1 saturated heterocycles. The van der Waals surface area contributed by atoms with Gasteiger partial charge in [0.15, 0.2) is 0 Å². The molecule has 0 aromatic heterocycles. The van der Waals surface area contributed by atoms with Crippen LogP contribution in [0.4, 0.5) is 0 Å². The van der Waals surface area contributed by atoms with E-state index in [1.165, 1.54) is 5.56 Å². The van der Waals surface area contributed by atoms with Gasteiger partial charge in [0.2, 0.25) is 0 Å². The number of nitrogens with zero attached hydrogens (tertiary/aromatic N) is 2. The highest BCUT2D eigenvalue weighted by atomic mass is 35.5. The Bertz CT molecular complexity index is 700. The largest absolute Gasteiger partial charge is 0.337 e. The van der Waals surface area contributed by atoms with E-state index in [1.54, 1.807) is 0 Å². The van der Waals surface area contributed by atoms with Gasteiger partial charge in [-0.25, -0.2) is 0 Å². The van der Waals surface area contributed by atoms with Gasteiger partial charge in [-0.2, -0.15) is 0 Å². The third kappa shape index (κ3) is 4.82. The van der Waals surface area contributed by atoms with Gasteiger partial charge in [0.1, 0.15) is 0 Å². The Morgan fingerprint density at radius 3 is 2.28 bits per heavy atom. The quantitative estimate of drug-likeness (QED) is 0.914. The molecular weight excluding hydrogens is 334 g/mol. The van der Waals surface area contributed by atoms with Gasteiger partial charge in [-0.3, -0.25) is 9.69 Å². The smallest absolute Gasteiger partial charge is 0.253 e. The highest BCUT2D eigenvalue weighted by Gasteiger charge is 2.20. The summed E-state index contributed by atoms with van der Waals surface area (Å²) in [5.74, 6) is 0.108. The molecule has 0 aliphatic carbocycles. The number of nitrogens with two attached hydrogens (primary N) is 1. The van der Waals surface area contributed by atoms with Crippen LogP contribution in [0.3, 0.4) is 0 Å². The summed E-state index contributed by atoms with van der Waals surface area (Å²) in [6.07, 6.45) is 0.986. The highest BCUT2D eigenvalue weighted by molar-refractivity contribution is 6.30. The minimum Gasteiger partial charge on any atom is -0.337 e. The average Bonchev–Trinajstić information content (AvgIpc) is 2.89. The Morgan fingerprint density at radius 1 is 0.920 bits per heavy atom. The molecule has 0 saturated carbocycles. The van der Waals surface area contributed by atoms with Crippen LogP contribution in [0.15, 0.2) is 48.5 Å². The number of hydrogen-bond acceptors (Lipinski definition) is 3. The molecule has 2 N–H and O–H groups in total. The molecule has 0 bridgehead atoms. The van der Waals surface area contributed by atoms with E-state index in [-0.39, 0.29) is 5.91 Å². The average molecular weight is 358 g/mol. The van der Waals surface area contributed by atoms with Crippen LogP contribution >= 0.6 is 11.6 Å². The van der Waals surface area contributed by atoms with Crippen molar-refractivity contribution in [2.45, 2.75) is 19.5 Å². The van der Waals surface area contributed by atoms with Crippen LogP contribution in [0, 0.1) is 0 Å². The molecule has 0 unspecified atom stereocenters. The monoisotopic (exact) mass is 357 g/mol. The molecule has 5 heteroatoms. The first-order valence-corrected chi connectivity index (χ1v) is 9.08. The summed E-state index contributed by atoms with van der Waals surface area (Å²) < 4.78 is 0. The van der Waals surface area contributed by atoms with E-state index in [2.05, 4.69) is 17.0 Å². The molecule has 2 aromatic carbocycles. The lowest BCUT2D eigenvalue weighted by Gasteiger charge is -2.22. The Morgan fingerprint density at radius 2 is 1.60 bits per heavy atom. The van der Waals surface area contributed by atoms with Crippen LogP contribution in [0.5, 0.6) is 0 Å². The third-order valence-corrected chi connectivity index (χ3v) is 4.88. The third-order valence-electron chi connectivity index (χ3n) is 4.63. The molecule has 3 rings (SSSR count). The maximum absolute atomic E-state index is 12.7. The second-order valence-electron chi connectivity index (χ2n) is 6.45. The zero-order valence-corrected chi connectivity index (χ0v) is 15.1. The van der Waals surface area contributed by atoms with Gasteiger partial charge in [-0.15, -0.1) is 0 Å². The molecule has 1 amide bonds. The van der Waals surface area contributed by atoms with E-state index in [9.17, 15) is 4.79 Å².